The molecule has 0 amide bonds. The Kier molecular flexibility index (Phi) is 5.08. The van der Waals surface area contributed by atoms with Crippen molar-refractivity contribution in [1.82, 2.24) is 0 Å². The van der Waals surface area contributed by atoms with Crippen LogP contribution in [0.15, 0.2) is 30.3 Å². The van der Waals surface area contributed by atoms with Crippen molar-refractivity contribution in [3.63, 3.8) is 0 Å². The molecule has 0 saturated carbocycles. The largest absolute Gasteiger partial charge is 0.367 e. The monoisotopic (exact) mass is 327 g/mol. The van der Waals surface area contributed by atoms with E-state index in [0.717, 1.165) is 12.1 Å². The standard InChI is InChI=1S/C15H15Cl2NOS/c1-3-10-4-6-11(7-5-10)18(2)9-13(19)12-8-14(16)20-15(12)17/h4-8H,3,9H2,1-2H3. The number of Topliss-reactive ketones (excluding diaryl/α,β-unsaturated/α-hetero) is 1. The zero-order valence-electron chi connectivity index (χ0n) is 11.3. The number of ketones is 1. The van der Waals surface area contributed by atoms with Crippen molar-refractivity contribution in [2.24, 2.45) is 0 Å². The fraction of sp³-hybridized carbons (Fsp3) is 0.267. The SMILES string of the molecule is CCc1ccc(N(C)CC(=O)c2cc(Cl)sc2Cl)cc1. The summed E-state index contributed by atoms with van der Waals surface area (Å²) in [7, 11) is 1.89. The first kappa shape index (κ1) is 15.4. The zero-order valence-corrected chi connectivity index (χ0v) is 13.6. The molecule has 0 aliphatic carbocycles. The fourth-order valence-corrected chi connectivity index (χ4v) is 3.41. The van der Waals surface area contributed by atoms with Crippen molar-refractivity contribution >= 4 is 46.0 Å². The number of benzene rings is 1. The molecule has 0 bridgehead atoms. The van der Waals surface area contributed by atoms with Crippen LogP contribution >= 0.6 is 34.5 Å². The summed E-state index contributed by atoms with van der Waals surface area (Å²) in [5.41, 5.74) is 2.79. The van der Waals surface area contributed by atoms with Gasteiger partial charge in [-0.2, -0.15) is 0 Å². The number of likely N-dealkylation sites (N-methyl/N-ethyl adjacent to an activating group) is 1. The summed E-state index contributed by atoms with van der Waals surface area (Å²) in [4.78, 5) is 14.1. The molecule has 0 saturated heterocycles. The predicted molar refractivity (Wildman–Crippen MR) is 87.8 cm³/mol. The third-order valence-electron chi connectivity index (χ3n) is 3.12. The van der Waals surface area contributed by atoms with Crippen molar-refractivity contribution < 1.29 is 4.79 Å². The number of rotatable bonds is 5. The summed E-state index contributed by atoms with van der Waals surface area (Å²) < 4.78 is 0.989. The second-order valence-electron chi connectivity index (χ2n) is 4.54. The number of thiophene rings is 1. The van der Waals surface area contributed by atoms with E-state index in [9.17, 15) is 4.79 Å². The highest BCUT2D eigenvalue weighted by molar-refractivity contribution is 7.20. The van der Waals surface area contributed by atoms with Crippen LogP contribution in [0.2, 0.25) is 8.67 Å². The van der Waals surface area contributed by atoms with E-state index in [1.807, 2.05) is 24.1 Å². The molecule has 0 radical (unpaired) electrons. The van der Waals surface area contributed by atoms with Gasteiger partial charge in [-0.1, -0.05) is 42.3 Å². The van der Waals surface area contributed by atoms with E-state index >= 15 is 0 Å². The lowest BCUT2D eigenvalue weighted by Gasteiger charge is -2.18. The van der Waals surface area contributed by atoms with Crippen molar-refractivity contribution in [3.8, 4) is 0 Å². The lowest BCUT2D eigenvalue weighted by molar-refractivity contribution is 0.100. The quantitative estimate of drug-likeness (QED) is 0.725. The third kappa shape index (κ3) is 3.54. The Bertz CT molecular complexity index is 607. The first-order chi connectivity index (χ1) is 9.51. The van der Waals surface area contributed by atoms with Crippen LogP contribution in [0.4, 0.5) is 5.69 Å². The highest BCUT2D eigenvalue weighted by Gasteiger charge is 2.16. The normalized spacial score (nSPS) is 10.6. The minimum atomic E-state index is -0.0276. The first-order valence-electron chi connectivity index (χ1n) is 6.29. The van der Waals surface area contributed by atoms with Crippen LogP contribution in [0.5, 0.6) is 0 Å². The predicted octanol–water partition coefficient (Wildman–Crippen LogP) is 4.94. The summed E-state index contributed by atoms with van der Waals surface area (Å²) in [6.45, 7) is 2.39. The Labute approximate surface area is 132 Å². The van der Waals surface area contributed by atoms with Crippen molar-refractivity contribution in [2.75, 3.05) is 18.5 Å². The van der Waals surface area contributed by atoms with Gasteiger partial charge >= 0.3 is 0 Å². The van der Waals surface area contributed by atoms with Gasteiger partial charge in [0.1, 0.15) is 4.34 Å². The molecule has 2 nitrogen and oxygen atoms in total. The number of hydrogen-bond donors (Lipinski definition) is 0. The second kappa shape index (κ2) is 6.61. The molecule has 5 heteroatoms. The van der Waals surface area contributed by atoms with Gasteiger partial charge in [0.2, 0.25) is 0 Å². The van der Waals surface area contributed by atoms with Gasteiger partial charge < -0.3 is 4.90 Å². The van der Waals surface area contributed by atoms with Gasteiger partial charge in [-0.3, -0.25) is 4.79 Å². The Morgan fingerprint density at radius 2 is 1.90 bits per heavy atom. The van der Waals surface area contributed by atoms with Crippen LogP contribution in [0, 0.1) is 0 Å². The molecule has 2 aromatic rings. The minimum Gasteiger partial charge on any atom is -0.367 e. The topological polar surface area (TPSA) is 20.3 Å². The summed E-state index contributed by atoms with van der Waals surface area (Å²) in [5, 5.41) is 0. The van der Waals surface area contributed by atoms with Crippen molar-refractivity contribution in [3.05, 3.63) is 50.1 Å². The maximum Gasteiger partial charge on any atom is 0.184 e. The summed E-state index contributed by atoms with van der Waals surface area (Å²) in [6.07, 6.45) is 1.01. The highest BCUT2D eigenvalue weighted by atomic mass is 35.5. The van der Waals surface area contributed by atoms with Crippen LogP contribution in [-0.2, 0) is 6.42 Å². The van der Waals surface area contributed by atoms with Gasteiger partial charge in [-0.05, 0) is 30.2 Å². The Morgan fingerprint density at radius 3 is 2.40 bits per heavy atom. The second-order valence-corrected chi connectivity index (χ2v) is 6.82. The zero-order chi connectivity index (χ0) is 14.7. The minimum absolute atomic E-state index is 0.0276. The molecule has 0 aliphatic heterocycles. The molecule has 1 heterocycles. The molecule has 1 aromatic heterocycles. The maximum atomic E-state index is 12.2. The molecule has 0 fully saturated rings. The molecule has 1 aromatic carbocycles. The lowest BCUT2D eigenvalue weighted by atomic mass is 10.1. The van der Waals surface area contributed by atoms with Crippen molar-refractivity contribution in [1.29, 1.82) is 0 Å². The van der Waals surface area contributed by atoms with E-state index in [1.165, 1.54) is 16.9 Å². The molecule has 0 atom stereocenters. The maximum absolute atomic E-state index is 12.2. The fourth-order valence-electron chi connectivity index (χ4n) is 1.91. The number of nitrogens with zero attached hydrogens (tertiary/aromatic N) is 1. The molecule has 106 valence electrons. The van der Waals surface area contributed by atoms with Crippen LogP contribution in [0.1, 0.15) is 22.8 Å². The van der Waals surface area contributed by atoms with Gasteiger partial charge in [-0.15, -0.1) is 11.3 Å². The molecule has 0 aliphatic rings. The number of halogens is 2. The van der Waals surface area contributed by atoms with Gasteiger partial charge in [-0.25, -0.2) is 0 Å². The number of aryl methyl sites for hydroxylation is 1. The van der Waals surface area contributed by atoms with E-state index < -0.39 is 0 Å². The average Bonchev–Trinajstić information content (AvgIpc) is 2.78. The highest BCUT2D eigenvalue weighted by Crippen LogP contribution is 2.31. The average molecular weight is 328 g/mol. The van der Waals surface area contributed by atoms with Gasteiger partial charge in [0, 0.05) is 12.7 Å². The van der Waals surface area contributed by atoms with E-state index in [-0.39, 0.29) is 12.3 Å². The number of anilines is 1. The number of carbonyl (C=O) groups excluding carboxylic acids is 1. The Balaban J connectivity index is 2.08. The van der Waals surface area contributed by atoms with Gasteiger partial charge in [0.25, 0.3) is 0 Å². The smallest absolute Gasteiger partial charge is 0.184 e. The van der Waals surface area contributed by atoms with E-state index in [0.29, 0.717) is 14.2 Å². The van der Waals surface area contributed by atoms with Crippen LogP contribution in [0.3, 0.4) is 0 Å². The van der Waals surface area contributed by atoms with Crippen LogP contribution in [0.25, 0.3) is 0 Å². The van der Waals surface area contributed by atoms with Crippen LogP contribution in [-0.4, -0.2) is 19.4 Å². The van der Waals surface area contributed by atoms with Crippen molar-refractivity contribution in [2.45, 2.75) is 13.3 Å². The molecule has 20 heavy (non-hydrogen) atoms. The summed E-state index contributed by atoms with van der Waals surface area (Å²) >= 11 is 13.1. The van der Waals surface area contributed by atoms with Gasteiger partial charge in [0.05, 0.1) is 16.4 Å². The molecular formula is C15H15Cl2NOS. The van der Waals surface area contributed by atoms with E-state index in [4.69, 9.17) is 23.2 Å². The number of hydrogen-bond acceptors (Lipinski definition) is 3. The molecule has 2 rings (SSSR count). The van der Waals surface area contributed by atoms with E-state index in [1.54, 1.807) is 6.07 Å². The lowest BCUT2D eigenvalue weighted by Crippen LogP contribution is -2.25. The Hall–Kier alpha value is -1.03. The summed E-state index contributed by atoms with van der Waals surface area (Å²) in [6, 6.07) is 9.82. The Morgan fingerprint density at radius 1 is 1.25 bits per heavy atom. The first-order valence-corrected chi connectivity index (χ1v) is 7.86. The molecule has 0 N–H and O–H groups in total. The molecular weight excluding hydrogens is 313 g/mol. The summed E-state index contributed by atoms with van der Waals surface area (Å²) in [5.74, 6) is -0.0276. The number of carbonyl (C=O) groups is 1. The molecule has 0 unspecified atom stereocenters. The third-order valence-corrected chi connectivity index (χ3v) is 4.61. The molecule has 0 spiro atoms. The van der Waals surface area contributed by atoms with Gasteiger partial charge in [0.15, 0.2) is 5.78 Å². The van der Waals surface area contributed by atoms with E-state index in [2.05, 4.69) is 19.1 Å². The van der Waals surface area contributed by atoms with Crippen LogP contribution < -0.4 is 4.90 Å².